The van der Waals surface area contributed by atoms with Crippen LogP contribution in [0.2, 0.25) is 0 Å². The van der Waals surface area contributed by atoms with Crippen molar-refractivity contribution in [2.24, 2.45) is 0 Å². The molecule has 0 spiro atoms. The van der Waals surface area contributed by atoms with Crippen molar-refractivity contribution in [2.75, 3.05) is 17.2 Å². The summed E-state index contributed by atoms with van der Waals surface area (Å²) in [7, 11) is 0. The molecule has 25 heavy (non-hydrogen) atoms. The van der Waals surface area contributed by atoms with Crippen LogP contribution in [0, 0.1) is 5.82 Å². The number of ether oxygens (including phenoxy) is 1. The molecule has 2 aromatic carbocycles. The molecule has 5 nitrogen and oxygen atoms in total. The van der Waals surface area contributed by atoms with Gasteiger partial charge in [-0.25, -0.2) is 4.39 Å². The molecule has 0 radical (unpaired) electrons. The van der Waals surface area contributed by atoms with Crippen LogP contribution in [0.1, 0.15) is 29.9 Å². The summed E-state index contributed by atoms with van der Waals surface area (Å²) in [4.78, 5) is 24.4. The molecule has 2 aliphatic heterocycles. The maximum atomic E-state index is 13.8. The van der Waals surface area contributed by atoms with Gasteiger partial charge < -0.3 is 15.4 Å². The molecule has 2 heterocycles. The number of aryl methyl sites for hydroxylation is 1. The number of halogens is 1. The molecule has 0 aromatic heterocycles. The van der Waals surface area contributed by atoms with E-state index in [0.29, 0.717) is 17.9 Å². The number of anilines is 2. The molecule has 0 saturated carbocycles. The molecule has 0 bridgehead atoms. The fraction of sp³-hybridized carbons (Fsp3) is 0.263. The second kappa shape index (κ2) is 6.20. The van der Waals surface area contributed by atoms with E-state index in [2.05, 4.69) is 10.6 Å². The summed E-state index contributed by atoms with van der Waals surface area (Å²) in [5, 5.41) is 5.33. The van der Waals surface area contributed by atoms with E-state index in [0.717, 1.165) is 24.2 Å². The van der Waals surface area contributed by atoms with Gasteiger partial charge in [-0.1, -0.05) is 12.1 Å². The Balaban J connectivity index is 1.48. The molecule has 2 N–H and O–H groups in total. The molecular weight excluding hydrogens is 323 g/mol. The highest BCUT2D eigenvalue weighted by Gasteiger charge is 2.34. The van der Waals surface area contributed by atoms with Crippen LogP contribution in [0.3, 0.4) is 0 Å². The number of carbonyl (C=O) groups is 2. The third-order valence-electron chi connectivity index (χ3n) is 4.57. The molecule has 1 unspecified atom stereocenters. The SMILES string of the molecule is O=C(CC1C(=O)Nc2c(F)cccc21)Nc1ccc2c(c1)CCCO2. The summed E-state index contributed by atoms with van der Waals surface area (Å²) in [5.74, 6) is -0.943. The average molecular weight is 340 g/mol. The molecule has 2 amide bonds. The van der Waals surface area contributed by atoms with Gasteiger partial charge >= 0.3 is 0 Å². The normalized spacial score (nSPS) is 18.0. The number of fused-ring (bicyclic) bond motifs is 2. The van der Waals surface area contributed by atoms with Crippen LogP contribution < -0.4 is 15.4 Å². The zero-order valence-corrected chi connectivity index (χ0v) is 13.5. The minimum atomic E-state index is -0.674. The van der Waals surface area contributed by atoms with E-state index in [1.165, 1.54) is 6.07 Å². The van der Waals surface area contributed by atoms with E-state index in [1.807, 2.05) is 12.1 Å². The maximum absolute atomic E-state index is 13.8. The van der Waals surface area contributed by atoms with Crippen LogP contribution in [-0.4, -0.2) is 18.4 Å². The van der Waals surface area contributed by atoms with Gasteiger partial charge in [0.15, 0.2) is 0 Å². The predicted octanol–water partition coefficient (Wildman–Crippen LogP) is 3.22. The largest absolute Gasteiger partial charge is 0.493 e. The van der Waals surface area contributed by atoms with Gasteiger partial charge in [0.1, 0.15) is 11.6 Å². The molecule has 1 atom stereocenters. The van der Waals surface area contributed by atoms with Gasteiger partial charge in [-0.2, -0.15) is 0 Å². The molecule has 2 aliphatic rings. The van der Waals surface area contributed by atoms with Gasteiger partial charge in [-0.3, -0.25) is 9.59 Å². The quantitative estimate of drug-likeness (QED) is 0.901. The van der Waals surface area contributed by atoms with Gasteiger partial charge in [0.25, 0.3) is 0 Å². The fourth-order valence-corrected chi connectivity index (χ4v) is 3.35. The zero-order valence-electron chi connectivity index (χ0n) is 13.5. The third kappa shape index (κ3) is 2.95. The molecule has 0 aliphatic carbocycles. The zero-order chi connectivity index (χ0) is 17.4. The number of amides is 2. The first-order chi connectivity index (χ1) is 12.1. The van der Waals surface area contributed by atoms with E-state index >= 15 is 0 Å². The Morgan fingerprint density at radius 3 is 3.08 bits per heavy atom. The average Bonchev–Trinajstić information content (AvgIpc) is 2.92. The molecule has 4 rings (SSSR count). The van der Waals surface area contributed by atoms with Gasteiger partial charge in [-0.05, 0) is 48.2 Å². The second-order valence-corrected chi connectivity index (χ2v) is 6.27. The summed E-state index contributed by atoms with van der Waals surface area (Å²) in [6.45, 7) is 0.714. The van der Waals surface area contributed by atoms with Gasteiger partial charge in [0.05, 0.1) is 18.2 Å². The second-order valence-electron chi connectivity index (χ2n) is 6.27. The Kier molecular flexibility index (Phi) is 3.87. The number of carbonyl (C=O) groups excluding carboxylic acids is 2. The summed E-state index contributed by atoms with van der Waals surface area (Å²) < 4.78 is 19.3. The van der Waals surface area contributed by atoms with Crippen LogP contribution in [0.5, 0.6) is 5.75 Å². The van der Waals surface area contributed by atoms with Crippen molar-refractivity contribution in [3.8, 4) is 5.75 Å². The van der Waals surface area contributed by atoms with Gasteiger partial charge in [-0.15, -0.1) is 0 Å². The van der Waals surface area contributed by atoms with Crippen LogP contribution in [0.15, 0.2) is 36.4 Å². The van der Waals surface area contributed by atoms with E-state index in [4.69, 9.17) is 4.74 Å². The summed E-state index contributed by atoms with van der Waals surface area (Å²) >= 11 is 0. The lowest BCUT2D eigenvalue weighted by molar-refractivity contribution is -0.122. The van der Waals surface area contributed by atoms with Crippen LogP contribution in [0.4, 0.5) is 15.8 Å². The van der Waals surface area contributed by atoms with Gasteiger partial charge in [0, 0.05) is 12.1 Å². The first kappa shape index (κ1) is 15.6. The lowest BCUT2D eigenvalue weighted by Gasteiger charge is -2.18. The molecule has 6 heteroatoms. The fourth-order valence-electron chi connectivity index (χ4n) is 3.35. The topological polar surface area (TPSA) is 67.4 Å². The molecule has 0 saturated heterocycles. The monoisotopic (exact) mass is 340 g/mol. The van der Waals surface area contributed by atoms with Crippen molar-refractivity contribution in [3.63, 3.8) is 0 Å². The van der Waals surface area contributed by atoms with Crippen molar-refractivity contribution >= 4 is 23.2 Å². The van der Waals surface area contributed by atoms with E-state index in [1.54, 1.807) is 18.2 Å². The van der Waals surface area contributed by atoms with Crippen molar-refractivity contribution in [1.82, 2.24) is 0 Å². The number of para-hydroxylation sites is 1. The Labute approximate surface area is 144 Å². The number of rotatable bonds is 3. The summed E-state index contributed by atoms with van der Waals surface area (Å²) in [6.07, 6.45) is 1.83. The Morgan fingerprint density at radius 2 is 2.20 bits per heavy atom. The smallest absolute Gasteiger partial charge is 0.232 e. The highest BCUT2D eigenvalue weighted by molar-refractivity contribution is 6.06. The first-order valence-electron chi connectivity index (χ1n) is 8.26. The maximum Gasteiger partial charge on any atom is 0.232 e. The summed E-state index contributed by atoms with van der Waals surface area (Å²) in [6, 6.07) is 10.0. The Bertz CT molecular complexity index is 866. The van der Waals surface area contributed by atoms with Gasteiger partial charge in [0.2, 0.25) is 11.8 Å². The number of hydrogen-bond donors (Lipinski definition) is 2. The van der Waals surface area contributed by atoms with Crippen LogP contribution >= 0.6 is 0 Å². The number of hydrogen-bond acceptors (Lipinski definition) is 3. The minimum absolute atomic E-state index is 0.0319. The Hall–Kier alpha value is -2.89. The van der Waals surface area contributed by atoms with Crippen molar-refractivity contribution < 1.29 is 18.7 Å². The predicted molar refractivity (Wildman–Crippen MR) is 91.3 cm³/mol. The third-order valence-corrected chi connectivity index (χ3v) is 4.57. The minimum Gasteiger partial charge on any atom is -0.493 e. The molecule has 128 valence electrons. The number of nitrogens with one attached hydrogen (secondary N) is 2. The lowest BCUT2D eigenvalue weighted by Crippen LogP contribution is -2.20. The highest BCUT2D eigenvalue weighted by Crippen LogP contribution is 2.36. The standard InChI is InChI=1S/C19H17FN2O3/c20-15-5-1-4-13-14(19(24)22-18(13)15)10-17(23)21-12-6-7-16-11(9-12)3-2-8-25-16/h1,4-7,9,14H,2-3,8,10H2,(H,21,23)(H,22,24). The van der Waals surface area contributed by atoms with Crippen LogP contribution in [0.25, 0.3) is 0 Å². The molecule has 0 fully saturated rings. The lowest BCUT2D eigenvalue weighted by atomic mass is 9.96. The highest BCUT2D eigenvalue weighted by atomic mass is 19.1. The van der Waals surface area contributed by atoms with E-state index < -0.39 is 11.7 Å². The molecular formula is C19H17FN2O3. The van der Waals surface area contributed by atoms with E-state index in [9.17, 15) is 14.0 Å². The summed E-state index contributed by atoms with van der Waals surface area (Å²) in [5.41, 5.74) is 2.44. The Morgan fingerprint density at radius 1 is 1.32 bits per heavy atom. The van der Waals surface area contributed by atoms with Crippen LogP contribution in [-0.2, 0) is 16.0 Å². The molecule has 2 aromatic rings. The van der Waals surface area contributed by atoms with Crippen molar-refractivity contribution in [2.45, 2.75) is 25.2 Å². The number of benzene rings is 2. The van der Waals surface area contributed by atoms with Crippen molar-refractivity contribution in [3.05, 3.63) is 53.3 Å². The van der Waals surface area contributed by atoms with E-state index in [-0.39, 0.29) is 23.9 Å². The first-order valence-corrected chi connectivity index (χ1v) is 8.26. The van der Waals surface area contributed by atoms with Crippen molar-refractivity contribution in [1.29, 1.82) is 0 Å².